The summed E-state index contributed by atoms with van der Waals surface area (Å²) in [6, 6.07) is 2.51. The van der Waals surface area contributed by atoms with Gasteiger partial charge in [0, 0.05) is 0 Å². The number of carbonyl (C=O) groups excluding carboxylic acids is 1. The van der Waals surface area contributed by atoms with Gasteiger partial charge in [0.25, 0.3) is 5.91 Å². The second kappa shape index (κ2) is 6.57. The molecular formula is C14H18ClNO3. The number of aryl methyl sites for hydroxylation is 2. The highest BCUT2D eigenvalue weighted by atomic mass is 35.5. The topological polar surface area (TPSA) is 66.4 Å². The highest BCUT2D eigenvalue weighted by Crippen LogP contribution is 2.21. The number of benzene rings is 1. The van der Waals surface area contributed by atoms with E-state index in [4.69, 9.17) is 16.7 Å². The molecule has 0 aliphatic carbocycles. The lowest BCUT2D eigenvalue weighted by Gasteiger charge is -2.15. The minimum Gasteiger partial charge on any atom is -0.480 e. The third kappa shape index (κ3) is 3.96. The number of rotatable bonds is 5. The number of carboxylic acid groups (broad SMARTS) is 1. The summed E-state index contributed by atoms with van der Waals surface area (Å²) in [5.74, 6) is -1.48. The fourth-order valence-electron chi connectivity index (χ4n) is 1.74. The van der Waals surface area contributed by atoms with E-state index in [-0.39, 0.29) is 0 Å². The van der Waals surface area contributed by atoms with E-state index in [9.17, 15) is 9.59 Å². The van der Waals surface area contributed by atoms with Gasteiger partial charge in [-0.1, -0.05) is 24.9 Å². The molecule has 0 aliphatic rings. The molecule has 1 atom stereocenters. The van der Waals surface area contributed by atoms with Gasteiger partial charge in [0.1, 0.15) is 6.04 Å². The summed E-state index contributed by atoms with van der Waals surface area (Å²) in [4.78, 5) is 23.1. The van der Waals surface area contributed by atoms with Gasteiger partial charge in [-0.25, -0.2) is 4.79 Å². The number of hydrogen-bond acceptors (Lipinski definition) is 2. The molecular weight excluding hydrogens is 266 g/mol. The van der Waals surface area contributed by atoms with Gasteiger partial charge in [0.15, 0.2) is 0 Å². The standard InChI is InChI=1S/C14H18ClNO3/c1-4-5-12(14(18)19)16-13(17)10-6-8(2)9(3)7-11(10)15/h6-7,12H,4-5H2,1-3H3,(H,16,17)(H,18,19). The maximum absolute atomic E-state index is 12.1. The Bertz CT molecular complexity index is 500. The molecule has 5 heteroatoms. The average Bonchev–Trinajstić information content (AvgIpc) is 2.32. The molecule has 1 rings (SSSR count). The van der Waals surface area contributed by atoms with Crippen molar-refractivity contribution in [3.8, 4) is 0 Å². The van der Waals surface area contributed by atoms with Gasteiger partial charge in [-0.2, -0.15) is 0 Å². The van der Waals surface area contributed by atoms with Crippen LogP contribution < -0.4 is 5.32 Å². The molecule has 0 bridgehead atoms. The molecule has 1 aromatic carbocycles. The Balaban J connectivity index is 2.94. The summed E-state index contributed by atoms with van der Waals surface area (Å²) in [5.41, 5.74) is 2.24. The molecule has 1 unspecified atom stereocenters. The zero-order valence-electron chi connectivity index (χ0n) is 11.3. The van der Waals surface area contributed by atoms with Crippen LogP contribution in [0.3, 0.4) is 0 Å². The Morgan fingerprint density at radius 3 is 2.42 bits per heavy atom. The van der Waals surface area contributed by atoms with Crippen molar-refractivity contribution in [2.75, 3.05) is 0 Å². The zero-order valence-corrected chi connectivity index (χ0v) is 12.0. The predicted molar refractivity (Wildman–Crippen MR) is 74.7 cm³/mol. The van der Waals surface area contributed by atoms with Crippen LogP contribution in [0.15, 0.2) is 12.1 Å². The van der Waals surface area contributed by atoms with E-state index < -0.39 is 17.9 Å². The van der Waals surface area contributed by atoms with Crippen molar-refractivity contribution in [1.29, 1.82) is 0 Å². The molecule has 1 aromatic rings. The molecule has 0 aromatic heterocycles. The first kappa shape index (κ1) is 15.5. The van der Waals surface area contributed by atoms with Crippen LogP contribution >= 0.6 is 11.6 Å². The number of halogens is 1. The highest BCUT2D eigenvalue weighted by Gasteiger charge is 2.21. The molecule has 0 radical (unpaired) electrons. The van der Waals surface area contributed by atoms with E-state index in [1.807, 2.05) is 20.8 Å². The zero-order chi connectivity index (χ0) is 14.6. The molecule has 1 amide bonds. The molecule has 0 spiro atoms. The Kier molecular flexibility index (Phi) is 5.36. The monoisotopic (exact) mass is 283 g/mol. The molecule has 0 aliphatic heterocycles. The van der Waals surface area contributed by atoms with E-state index in [1.165, 1.54) is 0 Å². The fraction of sp³-hybridized carbons (Fsp3) is 0.429. The Hall–Kier alpha value is -1.55. The largest absolute Gasteiger partial charge is 0.480 e. The number of carboxylic acids is 1. The van der Waals surface area contributed by atoms with E-state index in [2.05, 4.69) is 5.32 Å². The van der Waals surface area contributed by atoms with Crippen LogP contribution in [-0.4, -0.2) is 23.0 Å². The van der Waals surface area contributed by atoms with Crippen LogP contribution in [0.25, 0.3) is 0 Å². The predicted octanol–water partition coefficient (Wildman–Crippen LogP) is 2.94. The van der Waals surface area contributed by atoms with Crippen LogP contribution in [-0.2, 0) is 4.79 Å². The first-order valence-corrected chi connectivity index (χ1v) is 6.55. The molecule has 0 saturated heterocycles. The highest BCUT2D eigenvalue weighted by molar-refractivity contribution is 6.34. The summed E-state index contributed by atoms with van der Waals surface area (Å²) < 4.78 is 0. The smallest absolute Gasteiger partial charge is 0.326 e. The van der Waals surface area contributed by atoms with Gasteiger partial charge in [-0.05, 0) is 43.5 Å². The fourth-order valence-corrected chi connectivity index (χ4v) is 2.04. The Labute approximate surface area is 117 Å². The molecule has 4 nitrogen and oxygen atoms in total. The second-order valence-electron chi connectivity index (χ2n) is 4.57. The Morgan fingerprint density at radius 2 is 1.89 bits per heavy atom. The molecule has 0 fully saturated rings. The summed E-state index contributed by atoms with van der Waals surface area (Å²) in [7, 11) is 0. The van der Waals surface area contributed by atoms with E-state index >= 15 is 0 Å². The van der Waals surface area contributed by atoms with E-state index in [1.54, 1.807) is 12.1 Å². The molecule has 104 valence electrons. The number of carbonyl (C=O) groups is 2. The van der Waals surface area contributed by atoms with E-state index in [0.717, 1.165) is 11.1 Å². The minimum atomic E-state index is -1.03. The summed E-state index contributed by atoms with van der Waals surface area (Å²) in [5, 5.41) is 11.9. The van der Waals surface area contributed by atoms with Crippen molar-refractivity contribution < 1.29 is 14.7 Å². The molecule has 0 heterocycles. The SMILES string of the molecule is CCCC(NC(=O)c1cc(C)c(C)cc1Cl)C(=O)O. The van der Waals surface area contributed by atoms with Crippen molar-refractivity contribution in [3.05, 3.63) is 33.8 Å². The maximum atomic E-state index is 12.1. The van der Waals surface area contributed by atoms with Gasteiger partial charge < -0.3 is 10.4 Å². The van der Waals surface area contributed by atoms with Crippen molar-refractivity contribution in [1.82, 2.24) is 5.32 Å². The average molecular weight is 284 g/mol. The van der Waals surface area contributed by atoms with E-state index in [0.29, 0.717) is 23.4 Å². The molecule has 0 saturated carbocycles. The Morgan fingerprint density at radius 1 is 1.32 bits per heavy atom. The number of amides is 1. The third-order valence-electron chi connectivity index (χ3n) is 3.01. The van der Waals surface area contributed by atoms with Crippen LogP contribution in [0.2, 0.25) is 5.02 Å². The van der Waals surface area contributed by atoms with Crippen molar-refractivity contribution in [3.63, 3.8) is 0 Å². The normalized spacial score (nSPS) is 12.0. The quantitative estimate of drug-likeness (QED) is 0.873. The van der Waals surface area contributed by atoms with Gasteiger partial charge in [-0.15, -0.1) is 0 Å². The van der Waals surface area contributed by atoms with Crippen LogP contribution in [0.4, 0.5) is 0 Å². The van der Waals surface area contributed by atoms with Gasteiger partial charge in [0.05, 0.1) is 10.6 Å². The lowest BCUT2D eigenvalue weighted by molar-refractivity contribution is -0.139. The lowest BCUT2D eigenvalue weighted by Crippen LogP contribution is -2.40. The lowest BCUT2D eigenvalue weighted by atomic mass is 10.0. The first-order valence-electron chi connectivity index (χ1n) is 6.17. The molecule has 2 N–H and O–H groups in total. The number of aliphatic carboxylic acids is 1. The van der Waals surface area contributed by atoms with Crippen LogP contribution in [0.5, 0.6) is 0 Å². The van der Waals surface area contributed by atoms with Gasteiger partial charge in [0.2, 0.25) is 0 Å². The third-order valence-corrected chi connectivity index (χ3v) is 3.32. The van der Waals surface area contributed by atoms with Crippen LogP contribution in [0.1, 0.15) is 41.3 Å². The summed E-state index contributed by atoms with van der Waals surface area (Å²) >= 11 is 6.03. The van der Waals surface area contributed by atoms with Crippen molar-refractivity contribution in [2.45, 2.75) is 39.7 Å². The number of hydrogen-bond donors (Lipinski definition) is 2. The molecule has 19 heavy (non-hydrogen) atoms. The summed E-state index contributed by atoms with van der Waals surface area (Å²) in [6.45, 7) is 5.65. The second-order valence-corrected chi connectivity index (χ2v) is 4.98. The number of nitrogens with one attached hydrogen (secondary N) is 1. The summed E-state index contributed by atoms with van der Waals surface area (Å²) in [6.07, 6.45) is 1.07. The van der Waals surface area contributed by atoms with Crippen LogP contribution in [0, 0.1) is 13.8 Å². The van der Waals surface area contributed by atoms with Gasteiger partial charge >= 0.3 is 5.97 Å². The first-order chi connectivity index (χ1) is 8.86. The van der Waals surface area contributed by atoms with Gasteiger partial charge in [-0.3, -0.25) is 4.79 Å². The maximum Gasteiger partial charge on any atom is 0.326 e. The minimum absolute atomic E-state index is 0.312. The van der Waals surface area contributed by atoms with Crippen molar-refractivity contribution >= 4 is 23.5 Å². The van der Waals surface area contributed by atoms with Crippen molar-refractivity contribution in [2.24, 2.45) is 0 Å².